The maximum Gasteiger partial charge on any atom is 0.242 e. The minimum atomic E-state index is 0.0982. The number of guanidine groups is 1. The van der Waals surface area contributed by atoms with Crippen LogP contribution in [0.4, 0.5) is 0 Å². The first-order chi connectivity index (χ1) is 13.1. The second-order valence-corrected chi connectivity index (χ2v) is 7.73. The standard InChI is InChI=1S/C19H24ClN5OS/c1-3-17-23-16(13-27-17)10-22-19(21-2)25-9-8-24(18(26)12-25)11-14-4-6-15(20)7-5-14/h4-7,13H,3,8-12H2,1-2H3,(H,21,22). The number of hydrogen-bond donors (Lipinski definition) is 1. The van der Waals surface area contributed by atoms with Crippen LogP contribution in [0.5, 0.6) is 0 Å². The molecule has 0 aliphatic carbocycles. The zero-order valence-electron chi connectivity index (χ0n) is 15.6. The fourth-order valence-corrected chi connectivity index (χ4v) is 3.83. The molecule has 3 rings (SSSR count). The molecule has 1 aliphatic heterocycles. The van der Waals surface area contributed by atoms with Crippen molar-refractivity contribution in [2.75, 3.05) is 26.7 Å². The Morgan fingerprint density at radius 2 is 2.11 bits per heavy atom. The summed E-state index contributed by atoms with van der Waals surface area (Å²) in [7, 11) is 1.74. The van der Waals surface area contributed by atoms with Gasteiger partial charge in [0.2, 0.25) is 5.91 Å². The SMILES string of the molecule is CCc1nc(CNC(=NC)N2CCN(Cc3ccc(Cl)cc3)C(=O)C2)cs1. The Morgan fingerprint density at radius 3 is 2.74 bits per heavy atom. The molecule has 1 amide bonds. The van der Waals surface area contributed by atoms with Crippen molar-refractivity contribution < 1.29 is 4.79 Å². The number of nitrogens with zero attached hydrogens (tertiary/aromatic N) is 4. The third-order valence-corrected chi connectivity index (χ3v) is 5.74. The molecule has 1 saturated heterocycles. The quantitative estimate of drug-likeness (QED) is 0.613. The zero-order valence-corrected chi connectivity index (χ0v) is 17.2. The summed E-state index contributed by atoms with van der Waals surface area (Å²) in [4.78, 5) is 25.3. The van der Waals surface area contributed by atoms with Crippen molar-refractivity contribution in [3.8, 4) is 0 Å². The van der Waals surface area contributed by atoms with Gasteiger partial charge in [-0.25, -0.2) is 4.98 Å². The highest BCUT2D eigenvalue weighted by Crippen LogP contribution is 2.14. The van der Waals surface area contributed by atoms with Crippen molar-refractivity contribution in [1.29, 1.82) is 0 Å². The molecule has 2 aromatic rings. The summed E-state index contributed by atoms with van der Waals surface area (Å²) in [5.74, 6) is 0.835. The molecule has 0 saturated carbocycles. The van der Waals surface area contributed by atoms with Gasteiger partial charge >= 0.3 is 0 Å². The molecular weight excluding hydrogens is 382 g/mol. The van der Waals surface area contributed by atoms with Crippen LogP contribution in [0.2, 0.25) is 5.02 Å². The summed E-state index contributed by atoms with van der Waals surface area (Å²) in [5, 5.41) is 7.22. The van der Waals surface area contributed by atoms with E-state index in [2.05, 4.69) is 27.6 Å². The lowest BCUT2D eigenvalue weighted by molar-refractivity contribution is -0.135. The number of aliphatic imine (C=N–C) groups is 1. The van der Waals surface area contributed by atoms with Crippen LogP contribution < -0.4 is 5.32 Å². The molecule has 8 heteroatoms. The van der Waals surface area contributed by atoms with Crippen LogP contribution in [0, 0.1) is 0 Å². The number of carbonyl (C=O) groups is 1. The topological polar surface area (TPSA) is 60.8 Å². The molecule has 1 fully saturated rings. The van der Waals surface area contributed by atoms with Crippen molar-refractivity contribution in [3.05, 3.63) is 50.9 Å². The summed E-state index contributed by atoms with van der Waals surface area (Å²) in [6.07, 6.45) is 0.948. The molecule has 0 bridgehead atoms. The molecule has 144 valence electrons. The third kappa shape index (κ3) is 5.20. The van der Waals surface area contributed by atoms with Crippen molar-refractivity contribution in [3.63, 3.8) is 0 Å². The van der Waals surface area contributed by atoms with E-state index < -0.39 is 0 Å². The number of carbonyl (C=O) groups excluding carboxylic acids is 1. The maximum absolute atomic E-state index is 12.6. The van der Waals surface area contributed by atoms with Gasteiger partial charge in [-0.1, -0.05) is 30.7 Å². The van der Waals surface area contributed by atoms with Gasteiger partial charge in [-0.05, 0) is 24.1 Å². The molecule has 0 radical (unpaired) electrons. The first-order valence-electron chi connectivity index (χ1n) is 9.00. The molecule has 27 heavy (non-hydrogen) atoms. The summed E-state index contributed by atoms with van der Waals surface area (Å²) in [6, 6.07) is 7.62. The Kier molecular flexibility index (Phi) is 6.68. The average molecular weight is 406 g/mol. The third-order valence-electron chi connectivity index (χ3n) is 4.45. The Bertz CT molecular complexity index is 805. The van der Waals surface area contributed by atoms with Crippen LogP contribution in [0.15, 0.2) is 34.6 Å². The molecular formula is C19H24ClN5OS. The summed E-state index contributed by atoms with van der Waals surface area (Å²) in [6.45, 7) is 5.06. The normalized spacial score (nSPS) is 15.4. The van der Waals surface area contributed by atoms with E-state index in [0.29, 0.717) is 31.2 Å². The number of halogens is 1. The predicted molar refractivity (Wildman–Crippen MR) is 110 cm³/mol. The van der Waals surface area contributed by atoms with Gasteiger partial charge in [0.25, 0.3) is 0 Å². The fourth-order valence-electron chi connectivity index (χ4n) is 2.96. The molecule has 6 nitrogen and oxygen atoms in total. The lowest BCUT2D eigenvalue weighted by atomic mass is 10.2. The van der Waals surface area contributed by atoms with Gasteiger partial charge in [-0.2, -0.15) is 0 Å². The highest BCUT2D eigenvalue weighted by molar-refractivity contribution is 7.09. The van der Waals surface area contributed by atoms with Crippen LogP contribution in [0.1, 0.15) is 23.2 Å². The van der Waals surface area contributed by atoms with Crippen LogP contribution in [-0.4, -0.2) is 53.3 Å². The number of aryl methyl sites for hydroxylation is 1. The van der Waals surface area contributed by atoms with Crippen LogP contribution in [-0.2, 0) is 24.3 Å². The molecule has 1 aromatic heterocycles. The van der Waals surface area contributed by atoms with Gasteiger partial charge in [-0.3, -0.25) is 9.79 Å². The predicted octanol–water partition coefficient (Wildman–Crippen LogP) is 2.78. The minimum absolute atomic E-state index is 0.0982. The molecule has 1 aromatic carbocycles. The summed E-state index contributed by atoms with van der Waals surface area (Å²) >= 11 is 7.60. The second kappa shape index (κ2) is 9.19. The van der Waals surface area contributed by atoms with Crippen molar-refractivity contribution in [2.24, 2.45) is 4.99 Å². The minimum Gasteiger partial charge on any atom is -0.351 e. The number of rotatable bonds is 5. The van der Waals surface area contributed by atoms with E-state index in [1.807, 2.05) is 34.1 Å². The fraction of sp³-hybridized carbons (Fsp3) is 0.421. The lowest BCUT2D eigenvalue weighted by Gasteiger charge is -2.36. The van der Waals surface area contributed by atoms with Crippen LogP contribution in [0.3, 0.4) is 0 Å². The Morgan fingerprint density at radius 1 is 1.33 bits per heavy atom. The van der Waals surface area contributed by atoms with Crippen LogP contribution >= 0.6 is 22.9 Å². The summed E-state index contributed by atoms with van der Waals surface area (Å²) in [5.41, 5.74) is 2.09. The number of thiazole rings is 1. The van der Waals surface area contributed by atoms with E-state index in [1.165, 1.54) is 0 Å². The largest absolute Gasteiger partial charge is 0.351 e. The molecule has 0 spiro atoms. The van der Waals surface area contributed by atoms with E-state index >= 15 is 0 Å². The molecule has 1 N–H and O–H groups in total. The van der Waals surface area contributed by atoms with Gasteiger partial charge in [0.1, 0.15) is 0 Å². The number of amides is 1. The lowest BCUT2D eigenvalue weighted by Crippen LogP contribution is -2.54. The molecule has 0 atom stereocenters. The van der Waals surface area contributed by atoms with Gasteiger partial charge in [-0.15, -0.1) is 11.3 Å². The van der Waals surface area contributed by atoms with E-state index in [4.69, 9.17) is 11.6 Å². The highest BCUT2D eigenvalue weighted by atomic mass is 35.5. The van der Waals surface area contributed by atoms with Gasteiger partial charge in [0, 0.05) is 37.1 Å². The average Bonchev–Trinajstić information content (AvgIpc) is 3.14. The summed E-state index contributed by atoms with van der Waals surface area (Å²) < 4.78 is 0. The van der Waals surface area contributed by atoms with Crippen molar-refractivity contribution in [1.82, 2.24) is 20.1 Å². The molecule has 0 unspecified atom stereocenters. The van der Waals surface area contributed by atoms with Crippen molar-refractivity contribution >= 4 is 34.8 Å². The second-order valence-electron chi connectivity index (χ2n) is 6.35. The smallest absolute Gasteiger partial charge is 0.242 e. The number of hydrogen-bond acceptors (Lipinski definition) is 4. The van der Waals surface area contributed by atoms with E-state index in [1.54, 1.807) is 18.4 Å². The number of aromatic nitrogens is 1. The van der Waals surface area contributed by atoms with Gasteiger partial charge in [0.05, 0.1) is 23.8 Å². The Labute approximate surface area is 168 Å². The van der Waals surface area contributed by atoms with Gasteiger partial charge < -0.3 is 15.1 Å². The molecule has 1 aliphatic rings. The van der Waals surface area contributed by atoms with E-state index in [0.717, 1.165) is 35.2 Å². The number of nitrogens with one attached hydrogen (secondary N) is 1. The van der Waals surface area contributed by atoms with Crippen LogP contribution in [0.25, 0.3) is 0 Å². The first kappa shape index (κ1) is 19.6. The first-order valence-corrected chi connectivity index (χ1v) is 10.3. The number of piperazine rings is 1. The van der Waals surface area contributed by atoms with Gasteiger partial charge in [0.15, 0.2) is 5.96 Å². The zero-order chi connectivity index (χ0) is 19.2. The Balaban J connectivity index is 1.53. The molecule has 2 heterocycles. The highest BCUT2D eigenvalue weighted by Gasteiger charge is 2.26. The van der Waals surface area contributed by atoms with Crippen molar-refractivity contribution in [2.45, 2.75) is 26.4 Å². The maximum atomic E-state index is 12.6. The van der Waals surface area contributed by atoms with E-state index in [-0.39, 0.29) is 5.91 Å². The monoisotopic (exact) mass is 405 g/mol. The Hall–Kier alpha value is -2.12. The number of benzene rings is 1. The van der Waals surface area contributed by atoms with E-state index in [9.17, 15) is 4.79 Å².